The summed E-state index contributed by atoms with van der Waals surface area (Å²) < 4.78 is 4.77. The van der Waals surface area contributed by atoms with E-state index in [1.165, 1.54) is 13.8 Å². The number of carbonyl (C=O) groups is 4. The van der Waals surface area contributed by atoms with Crippen molar-refractivity contribution in [2.75, 3.05) is 6.61 Å². The highest BCUT2D eigenvalue weighted by atomic mass is 16.5. The molecule has 0 heterocycles. The SMILES string of the molecule is CCOC(=O)[C@H](CCC(=O)NC(C)=O)NC(C)=O. The summed E-state index contributed by atoms with van der Waals surface area (Å²) in [5.41, 5.74) is 0. The molecule has 0 bridgehead atoms. The van der Waals surface area contributed by atoms with Gasteiger partial charge in [0.2, 0.25) is 17.7 Å². The lowest BCUT2D eigenvalue weighted by Gasteiger charge is -2.15. The number of carbonyl (C=O) groups excluding carboxylic acids is 4. The Kier molecular flexibility index (Phi) is 7.34. The summed E-state index contributed by atoms with van der Waals surface area (Å²) in [7, 11) is 0. The number of rotatable bonds is 6. The van der Waals surface area contributed by atoms with Crippen molar-refractivity contribution in [1.82, 2.24) is 10.6 Å². The van der Waals surface area contributed by atoms with Crippen LogP contribution in [-0.4, -0.2) is 36.3 Å². The van der Waals surface area contributed by atoms with E-state index in [-0.39, 0.29) is 25.4 Å². The van der Waals surface area contributed by atoms with Gasteiger partial charge in [-0.15, -0.1) is 0 Å². The van der Waals surface area contributed by atoms with Crippen LogP contribution in [0.4, 0.5) is 0 Å². The third-order valence-corrected chi connectivity index (χ3v) is 1.92. The zero-order chi connectivity index (χ0) is 14.1. The van der Waals surface area contributed by atoms with E-state index in [1.54, 1.807) is 6.92 Å². The summed E-state index contributed by atoms with van der Waals surface area (Å²) in [5.74, 6) is -1.95. The third-order valence-electron chi connectivity index (χ3n) is 1.92. The summed E-state index contributed by atoms with van der Waals surface area (Å²) in [5, 5.41) is 4.47. The zero-order valence-electron chi connectivity index (χ0n) is 10.7. The van der Waals surface area contributed by atoms with Crippen molar-refractivity contribution in [3.63, 3.8) is 0 Å². The van der Waals surface area contributed by atoms with E-state index >= 15 is 0 Å². The molecule has 2 N–H and O–H groups in total. The van der Waals surface area contributed by atoms with Crippen molar-refractivity contribution in [1.29, 1.82) is 0 Å². The normalized spacial score (nSPS) is 11.3. The van der Waals surface area contributed by atoms with Crippen LogP contribution in [0.3, 0.4) is 0 Å². The Morgan fingerprint density at radius 3 is 2.17 bits per heavy atom. The Bertz CT molecular complexity index is 340. The van der Waals surface area contributed by atoms with Crippen LogP contribution in [0.2, 0.25) is 0 Å². The molecule has 7 heteroatoms. The maximum atomic E-state index is 11.5. The Morgan fingerprint density at radius 1 is 1.11 bits per heavy atom. The van der Waals surface area contributed by atoms with E-state index in [1.807, 2.05) is 0 Å². The Balaban J connectivity index is 4.32. The van der Waals surface area contributed by atoms with E-state index in [4.69, 9.17) is 4.74 Å². The standard InChI is InChI=1S/C11H18N2O5/c1-4-18-11(17)9(12-7(2)14)5-6-10(16)13-8(3)15/h9H,4-6H2,1-3H3,(H,12,14)(H,13,15,16)/t9-/m0/s1. The Hall–Kier alpha value is -1.92. The van der Waals surface area contributed by atoms with E-state index in [0.717, 1.165) is 0 Å². The summed E-state index contributed by atoms with van der Waals surface area (Å²) in [6.45, 7) is 4.32. The van der Waals surface area contributed by atoms with Gasteiger partial charge in [-0.25, -0.2) is 4.79 Å². The van der Waals surface area contributed by atoms with Gasteiger partial charge in [-0.2, -0.15) is 0 Å². The summed E-state index contributed by atoms with van der Waals surface area (Å²) in [6, 6.07) is -0.875. The van der Waals surface area contributed by atoms with Gasteiger partial charge >= 0.3 is 5.97 Å². The first-order valence-electron chi connectivity index (χ1n) is 5.61. The van der Waals surface area contributed by atoms with Crippen LogP contribution in [0.5, 0.6) is 0 Å². The van der Waals surface area contributed by atoms with Crippen LogP contribution in [0.15, 0.2) is 0 Å². The van der Waals surface area contributed by atoms with Crippen molar-refractivity contribution in [3.05, 3.63) is 0 Å². The summed E-state index contributed by atoms with van der Waals surface area (Å²) in [6.07, 6.45) is 0.0286. The average Bonchev–Trinajstić information content (AvgIpc) is 2.22. The molecular weight excluding hydrogens is 240 g/mol. The maximum Gasteiger partial charge on any atom is 0.328 e. The number of amides is 3. The topological polar surface area (TPSA) is 102 Å². The van der Waals surface area contributed by atoms with Crippen LogP contribution in [-0.2, 0) is 23.9 Å². The number of esters is 1. The second kappa shape index (κ2) is 8.21. The van der Waals surface area contributed by atoms with Gasteiger partial charge in [0.25, 0.3) is 0 Å². The predicted molar refractivity (Wildman–Crippen MR) is 62.3 cm³/mol. The number of hydrogen-bond acceptors (Lipinski definition) is 5. The van der Waals surface area contributed by atoms with Crippen LogP contribution in [0.1, 0.15) is 33.6 Å². The molecule has 0 aliphatic carbocycles. The monoisotopic (exact) mass is 258 g/mol. The highest BCUT2D eigenvalue weighted by Gasteiger charge is 2.21. The molecule has 0 saturated heterocycles. The molecule has 3 amide bonds. The number of imide groups is 1. The third kappa shape index (κ3) is 7.37. The fourth-order valence-corrected chi connectivity index (χ4v) is 1.27. The smallest absolute Gasteiger partial charge is 0.328 e. The fourth-order valence-electron chi connectivity index (χ4n) is 1.27. The molecule has 0 aliphatic rings. The molecule has 18 heavy (non-hydrogen) atoms. The second-order valence-electron chi connectivity index (χ2n) is 3.65. The van der Waals surface area contributed by atoms with Crippen molar-refractivity contribution < 1.29 is 23.9 Å². The highest BCUT2D eigenvalue weighted by molar-refractivity contribution is 5.94. The maximum absolute atomic E-state index is 11.5. The molecule has 102 valence electrons. The molecule has 0 radical (unpaired) electrons. The van der Waals surface area contributed by atoms with E-state index in [0.29, 0.717) is 0 Å². The second-order valence-corrected chi connectivity index (χ2v) is 3.65. The number of ether oxygens (including phenoxy) is 1. The van der Waals surface area contributed by atoms with Gasteiger partial charge in [-0.1, -0.05) is 0 Å². The van der Waals surface area contributed by atoms with Gasteiger partial charge in [-0.05, 0) is 13.3 Å². The average molecular weight is 258 g/mol. The van der Waals surface area contributed by atoms with E-state index in [9.17, 15) is 19.2 Å². The molecule has 7 nitrogen and oxygen atoms in total. The van der Waals surface area contributed by atoms with Crippen molar-refractivity contribution in [2.24, 2.45) is 0 Å². The van der Waals surface area contributed by atoms with Gasteiger partial charge in [-0.3, -0.25) is 19.7 Å². The van der Waals surface area contributed by atoms with Gasteiger partial charge in [0.1, 0.15) is 6.04 Å². The van der Waals surface area contributed by atoms with E-state index < -0.39 is 23.8 Å². The molecule has 0 aromatic carbocycles. The van der Waals surface area contributed by atoms with Crippen LogP contribution >= 0.6 is 0 Å². The minimum absolute atomic E-state index is 0.0522. The number of nitrogens with one attached hydrogen (secondary N) is 2. The molecule has 0 rings (SSSR count). The summed E-state index contributed by atoms with van der Waals surface area (Å²) in [4.78, 5) is 44.2. The van der Waals surface area contributed by atoms with Gasteiger partial charge < -0.3 is 10.1 Å². The zero-order valence-corrected chi connectivity index (χ0v) is 10.7. The van der Waals surface area contributed by atoms with Crippen molar-refractivity contribution in [3.8, 4) is 0 Å². The molecular formula is C11H18N2O5. The Labute approximate surface area is 105 Å². The molecule has 0 aromatic heterocycles. The van der Waals surface area contributed by atoms with E-state index in [2.05, 4.69) is 10.6 Å². The van der Waals surface area contributed by atoms with Crippen molar-refractivity contribution in [2.45, 2.75) is 39.7 Å². The quantitative estimate of drug-likeness (QED) is 0.625. The highest BCUT2D eigenvalue weighted by Crippen LogP contribution is 2.01. The molecule has 0 unspecified atom stereocenters. The molecule has 0 spiro atoms. The molecule has 0 saturated carbocycles. The minimum Gasteiger partial charge on any atom is -0.464 e. The summed E-state index contributed by atoms with van der Waals surface area (Å²) >= 11 is 0. The van der Waals surface area contributed by atoms with Gasteiger partial charge in [0.15, 0.2) is 0 Å². The first kappa shape index (κ1) is 16.1. The van der Waals surface area contributed by atoms with Crippen LogP contribution < -0.4 is 10.6 Å². The molecule has 1 atom stereocenters. The Morgan fingerprint density at radius 2 is 1.72 bits per heavy atom. The lowest BCUT2D eigenvalue weighted by Crippen LogP contribution is -2.41. The molecule has 0 fully saturated rings. The lowest BCUT2D eigenvalue weighted by atomic mass is 10.1. The van der Waals surface area contributed by atoms with Crippen LogP contribution in [0.25, 0.3) is 0 Å². The molecule has 0 aromatic rings. The van der Waals surface area contributed by atoms with Crippen LogP contribution in [0, 0.1) is 0 Å². The molecule has 0 aliphatic heterocycles. The largest absolute Gasteiger partial charge is 0.464 e. The lowest BCUT2D eigenvalue weighted by molar-refractivity contribution is -0.147. The predicted octanol–water partition coefficient (Wildman–Crippen LogP) is -0.503. The number of hydrogen-bond donors (Lipinski definition) is 2. The first-order chi connectivity index (χ1) is 8.36. The minimum atomic E-state index is -0.875. The van der Waals surface area contributed by atoms with Gasteiger partial charge in [0, 0.05) is 20.3 Å². The van der Waals surface area contributed by atoms with Gasteiger partial charge in [0.05, 0.1) is 6.61 Å². The van der Waals surface area contributed by atoms with Crippen molar-refractivity contribution >= 4 is 23.7 Å². The first-order valence-corrected chi connectivity index (χ1v) is 5.61. The fraction of sp³-hybridized carbons (Fsp3) is 0.636.